The fourth-order valence-electron chi connectivity index (χ4n) is 2.97. The normalized spacial score (nSPS) is 28.4. The van der Waals surface area contributed by atoms with E-state index in [1.165, 1.54) is 0 Å². The van der Waals surface area contributed by atoms with Gasteiger partial charge >= 0.3 is 0 Å². The lowest BCUT2D eigenvalue weighted by Crippen LogP contribution is -2.46. The minimum atomic E-state index is -3.30. The van der Waals surface area contributed by atoms with Gasteiger partial charge in [-0.25, -0.2) is 0 Å². The van der Waals surface area contributed by atoms with Crippen LogP contribution in [-0.4, -0.2) is 54.4 Å². The quantitative estimate of drug-likeness (QED) is 0.832. The number of hydrogen-bond donors (Lipinski definition) is 1. The van der Waals surface area contributed by atoms with Crippen molar-refractivity contribution in [3.05, 3.63) is 0 Å². The number of rotatable bonds is 4. The summed E-state index contributed by atoms with van der Waals surface area (Å²) in [5.41, 5.74) is 0. The lowest BCUT2D eigenvalue weighted by molar-refractivity contribution is 0.239. The van der Waals surface area contributed by atoms with Crippen LogP contribution in [0.5, 0.6) is 0 Å². The minimum Gasteiger partial charge on any atom is -0.396 e. The molecule has 6 heteroatoms. The van der Waals surface area contributed by atoms with E-state index >= 15 is 0 Å². The van der Waals surface area contributed by atoms with Crippen molar-refractivity contribution < 1.29 is 13.5 Å². The first-order valence-corrected chi connectivity index (χ1v) is 8.44. The lowest BCUT2D eigenvalue weighted by atomic mass is 10.2. The van der Waals surface area contributed by atoms with Gasteiger partial charge in [0, 0.05) is 32.3 Å². The smallest absolute Gasteiger partial charge is 0.282 e. The van der Waals surface area contributed by atoms with E-state index in [2.05, 4.69) is 0 Å². The largest absolute Gasteiger partial charge is 0.396 e. The van der Waals surface area contributed by atoms with Crippen molar-refractivity contribution in [2.75, 3.05) is 26.2 Å². The molecule has 0 radical (unpaired) electrons. The molecule has 1 unspecified atom stereocenters. The zero-order chi connectivity index (χ0) is 13.0. The first kappa shape index (κ1) is 14.2. The van der Waals surface area contributed by atoms with E-state index in [0.717, 1.165) is 38.5 Å². The molecule has 0 aromatic rings. The molecule has 0 aromatic heterocycles. The van der Waals surface area contributed by atoms with Crippen LogP contribution in [0.2, 0.25) is 0 Å². The third-order valence-corrected chi connectivity index (χ3v) is 6.06. The Balaban J connectivity index is 2.08. The van der Waals surface area contributed by atoms with E-state index < -0.39 is 10.2 Å². The molecular weight excluding hydrogens is 252 g/mol. The van der Waals surface area contributed by atoms with Crippen LogP contribution in [0.15, 0.2) is 0 Å². The minimum absolute atomic E-state index is 0.00301. The van der Waals surface area contributed by atoms with Gasteiger partial charge in [-0.15, -0.1) is 0 Å². The van der Waals surface area contributed by atoms with Crippen LogP contribution < -0.4 is 0 Å². The Hall–Kier alpha value is -0.170. The second-order valence-corrected chi connectivity index (χ2v) is 7.12. The molecule has 5 nitrogen and oxygen atoms in total. The summed E-state index contributed by atoms with van der Waals surface area (Å²) in [5.74, 6) is 0. The molecule has 2 aliphatic rings. The predicted molar refractivity (Wildman–Crippen MR) is 70.4 cm³/mol. The van der Waals surface area contributed by atoms with E-state index in [-0.39, 0.29) is 12.6 Å². The molecule has 18 heavy (non-hydrogen) atoms. The standard InChI is InChI=1S/C12H24N2O3S/c15-11-7-12-6-5-10-14(12)18(16,17)13-8-3-1-2-4-9-13/h12,15H,1-11H2. The highest BCUT2D eigenvalue weighted by Crippen LogP contribution is 2.26. The number of aliphatic hydroxyl groups is 1. The monoisotopic (exact) mass is 276 g/mol. The molecule has 2 heterocycles. The summed E-state index contributed by atoms with van der Waals surface area (Å²) in [4.78, 5) is 0. The summed E-state index contributed by atoms with van der Waals surface area (Å²) < 4.78 is 28.5. The second-order valence-electron chi connectivity index (χ2n) is 5.24. The van der Waals surface area contributed by atoms with Gasteiger partial charge in [0.2, 0.25) is 0 Å². The van der Waals surface area contributed by atoms with Crippen molar-refractivity contribution in [2.45, 2.75) is 51.0 Å². The Bertz CT molecular complexity index is 350. The Morgan fingerprint density at radius 1 is 1.00 bits per heavy atom. The molecular formula is C12H24N2O3S. The van der Waals surface area contributed by atoms with Crippen LogP contribution >= 0.6 is 0 Å². The molecule has 0 bridgehead atoms. The number of hydrogen-bond acceptors (Lipinski definition) is 3. The van der Waals surface area contributed by atoms with Crippen molar-refractivity contribution in [1.82, 2.24) is 8.61 Å². The average molecular weight is 276 g/mol. The van der Waals surface area contributed by atoms with Gasteiger partial charge in [-0.3, -0.25) is 0 Å². The molecule has 0 amide bonds. The van der Waals surface area contributed by atoms with E-state index in [1.54, 1.807) is 8.61 Å². The zero-order valence-corrected chi connectivity index (χ0v) is 11.7. The maximum Gasteiger partial charge on any atom is 0.282 e. The predicted octanol–water partition coefficient (Wildman–Crippen LogP) is 0.954. The topological polar surface area (TPSA) is 60.9 Å². The molecule has 0 saturated carbocycles. The van der Waals surface area contributed by atoms with Gasteiger partial charge in [0.1, 0.15) is 0 Å². The zero-order valence-electron chi connectivity index (χ0n) is 10.9. The molecule has 106 valence electrons. The van der Waals surface area contributed by atoms with Crippen molar-refractivity contribution in [1.29, 1.82) is 0 Å². The highest BCUT2D eigenvalue weighted by atomic mass is 32.2. The SMILES string of the molecule is O=S(=O)(N1CCCCCC1)N1CCCC1CCO. The molecule has 0 spiro atoms. The molecule has 1 atom stereocenters. The van der Waals surface area contributed by atoms with E-state index in [0.29, 0.717) is 26.1 Å². The summed E-state index contributed by atoms with van der Waals surface area (Å²) in [6, 6.07) is 0.00301. The Kier molecular flexibility index (Phi) is 5.00. The van der Waals surface area contributed by atoms with Gasteiger partial charge in [-0.2, -0.15) is 17.0 Å². The summed E-state index contributed by atoms with van der Waals surface area (Å²) in [7, 11) is -3.30. The van der Waals surface area contributed by atoms with Crippen molar-refractivity contribution in [2.24, 2.45) is 0 Å². The fourth-order valence-corrected chi connectivity index (χ4v) is 4.93. The van der Waals surface area contributed by atoms with Crippen molar-refractivity contribution >= 4 is 10.2 Å². The highest BCUT2D eigenvalue weighted by molar-refractivity contribution is 7.86. The maximum atomic E-state index is 12.6. The molecule has 0 aromatic carbocycles. The van der Waals surface area contributed by atoms with E-state index in [1.807, 2.05) is 0 Å². The van der Waals surface area contributed by atoms with Crippen LogP contribution in [0.25, 0.3) is 0 Å². The Morgan fingerprint density at radius 3 is 2.28 bits per heavy atom. The van der Waals surface area contributed by atoms with Crippen molar-refractivity contribution in [3.8, 4) is 0 Å². The van der Waals surface area contributed by atoms with Gasteiger partial charge < -0.3 is 5.11 Å². The average Bonchev–Trinajstić information content (AvgIpc) is 2.64. The Labute approximate surface area is 110 Å². The maximum absolute atomic E-state index is 12.6. The first-order chi connectivity index (χ1) is 8.66. The van der Waals surface area contributed by atoms with Crippen molar-refractivity contribution in [3.63, 3.8) is 0 Å². The summed E-state index contributed by atoms with van der Waals surface area (Å²) in [5, 5.41) is 9.03. The van der Waals surface area contributed by atoms with Crippen LogP contribution in [0.3, 0.4) is 0 Å². The molecule has 2 aliphatic heterocycles. The van der Waals surface area contributed by atoms with E-state index in [9.17, 15) is 8.42 Å². The molecule has 0 aliphatic carbocycles. The van der Waals surface area contributed by atoms with Gasteiger partial charge in [0.25, 0.3) is 10.2 Å². The first-order valence-electron chi connectivity index (χ1n) is 7.04. The third-order valence-electron chi connectivity index (χ3n) is 3.97. The molecule has 2 saturated heterocycles. The summed E-state index contributed by atoms with van der Waals surface area (Å²) in [6.07, 6.45) is 6.56. The van der Waals surface area contributed by atoms with Gasteiger partial charge in [-0.05, 0) is 32.1 Å². The summed E-state index contributed by atoms with van der Waals surface area (Å²) >= 11 is 0. The second kappa shape index (κ2) is 6.32. The van der Waals surface area contributed by atoms with E-state index in [4.69, 9.17) is 5.11 Å². The molecule has 1 N–H and O–H groups in total. The Morgan fingerprint density at radius 2 is 1.67 bits per heavy atom. The number of nitrogens with zero attached hydrogens (tertiary/aromatic N) is 2. The van der Waals surface area contributed by atoms with Gasteiger partial charge in [0.15, 0.2) is 0 Å². The summed E-state index contributed by atoms with van der Waals surface area (Å²) in [6.45, 7) is 2.00. The van der Waals surface area contributed by atoms with Gasteiger partial charge in [0.05, 0.1) is 0 Å². The molecule has 2 rings (SSSR count). The van der Waals surface area contributed by atoms with Crippen LogP contribution in [-0.2, 0) is 10.2 Å². The van der Waals surface area contributed by atoms with Gasteiger partial charge in [-0.1, -0.05) is 12.8 Å². The number of aliphatic hydroxyl groups excluding tert-OH is 1. The lowest BCUT2D eigenvalue weighted by Gasteiger charge is -2.30. The fraction of sp³-hybridized carbons (Fsp3) is 1.00. The highest BCUT2D eigenvalue weighted by Gasteiger charge is 2.37. The van der Waals surface area contributed by atoms with Crippen LogP contribution in [0, 0.1) is 0 Å². The third kappa shape index (κ3) is 3.04. The van der Waals surface area contributed by atoms with Crippen LogP contribution in [0.1, 0.15) is 44.9 Å². The molecule has 2 fully saturated rings. The van der Waals surface area contributed by atoms with Crippen LogP contribution in [0.4, 0.5) is 0 Å².